The largest absolute Gasteiger partial charge is 0.312 e. The van der Waals surface area contributed by atoms with Gasteiger partial charge in [-0.05, 0) is 70.8 Å². The molecule has 0 radical (unpaired) electrons. The summed E-state index contributed by atoms with van der Waals surface area (Å²) < 4.78 is 0. The van der Waals surface area contributed by atoms with Crippen molar-refractivity contribution < 1.29 is 0 Å². The smallest absolute Gasteiger partial charge is 0.00966 e. The molecule has 1 nitrogen and oxygen atoms in total. The lowest BCUT2D eigenvalue weighted by Crippen LogP contribution is -2.42. The van der Waals surface area contributed by atoms with Gasteiger partial charge in [0.05, 0.1) is 0 Å². The number of rotatable bonds is 9. The fourth-order valence-electron chi connectivity index (χ4n) is 3.73. The van der Waals surface area contributed by atoms with Crippen molar-refractivity contribution in [3.05, 3.63) is 12.7 Å². The molecule has 1 N–H and O–H groups in total. The summed E-state index contributed by atoms with van der Waals surface area (Å²) >= 11 is 0. The Morgan fingerprint density at radius 1 is 1.10 bits per heavy atom. The van der Waals surface area contributed by atoms with Crippen LogP contribution in [0.3, 0.4) is 0 Å². The third-order valence-corrected chi connectivity index (χ3v) is 5.20. The summed E-state index contributed by atoms with van der Waals surface area (Å²) in [6, 6.07) is 0. The molecule has 1 rings (SSSR count). The molecule has 1 aliphatic carbocycles. The van der Waals surface area contributed by atoms with Gasteiger partial charge in [-0.1, -0.05) is 45.1 Å². The topological polar surface area (TPSA) is 12.0 Å². The Bertz CT molecular complexity index is 276. The first-order valence-electron chi connectivity index (χ1n) is 9.32. The Morgan fingerprint density at radius 3 is 2.48 bits per heavy atom. The van der Waals surface area contributed by atoms with E-state index >= 15 is 0 Å². The van der Waals surface area contributed by atoms with Crippen LogP contribution in [0, 0.1) is 17.8 Å². The summed E-state index contributed by atoms with van der Waals surface area (Å²) in [5.74, 6) is 2.86. The molecular formula is C20H39N. The first-order chi connectivity index (χ1) is 9.96. The van der Waals surface area contributed by atoms with E-state index in [1.165, 1.54) is 64.3 Å². The lowest BCUT2D eigenvalue weighted by Gasteiger charge is -2.38. The van der Waals surface area contributed by atoms with Gasteiger partial charge in [-0.2, -0.15) is 0 Å². The second kappa shape index (κ2) is 9.66. The van der Waals surface area contributed by atoms with E-state index in [-0.39, 0.29) is 5.54 Å². The molecule has 1 aliphatic rings. The van der Waals surface area contributed by atoms with Crippen LogP contribution in [0.5, 0.6) is 0 Å². The molecule has 0 heterocycles. The predicted molar refractivity (Wildman–Crippen MR) is 95.6 cm³/mol. The minimum atomic E-state index is 0.260. The minimum Gasteiger partial charge on any atom is -0.312 e. The number of hydrogen-bond acceptors (Lipinski definition) is 1. The van der Waals surface area contributed by atoms with Crippen LogP contribution in [0.1, 0.15) is 85.5 Å². The van der Waals surface area contributed by atoms with E-state index in [4.69, 9.17) is 0 Å². The van der Waals surface area contributed by atoms with Crippen molar-refractivity contribution in [2.45, 2.75) is 91.0 Å². The van der Waals surface area contributed by atoms with Crippen molar-refractivity contribution >= 4 is 0 Å². The first kappa shape index (κ1) is 18.7. The highest BCUT2D eigenvalue weighted by atomic mass is 14.9. The number of allylic oxidation sites excluding steroid dienone is 1. The molecule has 1 saturated carbocycles. The van der Waals surface area contributed by atoms with E-state index < -0.39 is 0 Å². The van der Waals surface area contributed by atoms with Gasteiger partial charge >= 0.3 is 0 Å². The Hall–Kier alpha value is -0.300. The maximum absolute atomic E-state index is 3.82. The molecule has 0 aromatic carbocycles. The highest BCUT2D eigenvalue weighted by molar-refractivity contribution is 4.83. The average molecular weight is 294 g/mol. The normalized spacial score (nSPS) is 26.8. The lowest BCUT2D eigenvalue weighted by molar-refractivity contribution is 0.152. The van der Waals surface area contributed by atoms with Crippen LogP contribution >= 0.6 is 0 Å². The van der Waals surface area contributed by atoms with E-state index in [0.29, 0.717) is 0 Å². The number of unbranched alkanes of at least 4 members (excludes halogenated alkanes) is 3. The summed E-state index contributed by atoms with van der Waals surface area (Å²) in [6.07, 6.45) is 14.6. The zero-order chi connectivity index (χ0) is 15.7. The molecule has 3 atom stereocenters. The number of hydrogen-bond donors (Lipinski definition) is 1. The Balaban J connectivity index is 2.40. The average Bonchev–Trinajstić information content (AvgIpc) is 2.44. The quantitative estimate of drug-likeness (QED) is 0.409. The third kappa shape index (κ3) is 8.04. The van der Waals surface area contributed by atoms with Crippen molar-refractivity contribution in [3.63, 3.8) is 0 Å². The van der Waals surface area contributed by atoms with E-state index in [1.807, 2.05) is 0 Å². The molecule has 0 aromatic heterocycles. The minimum absolute atomic E-state index is 0.260. The number of nitrogens with one attached hydrogen (secondary N) is 1. The summed E-state index contributed by atoms with van der Waals surface area (Å²) in [5.41, 5.74) is 0.260. The highest BCUT2D eigenvalue weighted by Crippen LogP contribution is 2.38. The fourth-order valence-corrected chi connectivity index (χ4v) is 3.73. The summed E-state index contributed by atoms with van der Waals surface area (Å²) in [4.78, 5) is 0. The molecule has 0 bridgehead atoms. The molecule has 3 unspecified atom stereocenters. The molecule has 0 aromatic rings. The van der Waals surface area contributed by atoms with Crippen LogP contribution in [-0.2, 0) is 0 Å². The summed E-state index contributed by atoms with van der Waals surface area (Å²) in [7, 11) is 0. The molecule has 0 aliphatic heterocycles. The molecule has 0 saturated heterocycles. The molecule has 0 amide bonds. The highest BCUT2D eigenvalue weighted by Gasteiger charge is 2.29. The molecule has 1 fully saturated rings. The standard InChI is InChI=1S/C20H39N/c1-6-8-9-10-11-12-18-15-17(7-2)13-14-19(18)16-21-20(3,4)5/h6,17-19,21H,1,7-16H2,2-5H3. The van der Waals surface area contributed by atoms with Crippen LogP contribution in [0.4, 0.5) is 0 Å². The van der Waals surface area contributed by atoms with Crippen molar-refractivity contribution in [1.29, 1.82) is 0 Å². The van der Waals surface area contributed by atoms with E-state index in [9.17, 15) is 0 Å². The zero-order valence-electron chi connectivity index (χ0n) is 15.1. The van der Waals surface area contributed by atoms with Gasteiger partial charge < -0.3 is 5.32 Å². The van der Waals surface area contributed by atoms with Gasteiger partial charge in [-0.3, -0.25) is 0 Å². The molecule has 0 spiro atoms. The molecular weight excluding hydrogens is 254 g/mol. The predicted octanol–water partition coefficient (Wildman–Crippen LogP) is 5.95. The summed E-state index contributed by atoms with van der Waals surface area (Å²) in [6.45, 7) is 14.3. The lowest BCUT2D eigenvalue weighted by atomic mass is 9.71. The van der Waals surface area contributed by atoms with E-state index in [2.05, 4.69) is 45.7 Å². The van der Waals surface area contributed by atoms with Crippen molar-refractivity contribution in [3.8, 4) is 0 Å². The monoisotopic (exact) mass is 293 g/mol. The zero-order valence-corrected chi connectivity index (χ0v) is 15.1. The van der Waals surface area contributed by atoms with Crippen LogP contribution in [0.2, 0.25) is 0 Å². The van der Waals surface area contributed by atoms with E-state index in [1.54, 1.807) is 0 Å². The van der Waals surface area contributed by atoms with Gasteiger partial charge in [0.1, 0.15) is 0 Å². The van der Waals surface area contributed by atoms with Crippen molar-refractivity contribution in [2.24, 2.45) is 17.8 Å². The van der Waals surface area contributed by atoms with E-state index in [0.717, 1.165) is 17.8 Å². The summed E-state index contributed by atoms with van der Waals surface area (Å²) in [5, 5.41) is 3.75. The maximum atomic E-state index is 3.82. The molecule has 21 heavy (non-hydrogen) atoms. The van der Waals surface area contributed by atoms with Crippen LogP contribution < -0.4 is 5.32 Å². The fraction of sp³-hybridized carbons (Fsp3) is 0.900. The Kier molecular flexibility index (Phi) is 8.63. The van der Waals surface area contributed by atoms with Crippen LogP contribution in [-0.4, -0.2) is 12.1 Å². The second-order valence-electron chi connectivity index (χ2n) is 8.17. The van der Waals surface area contributed by atoms with Crippen LogP contribution in [0.15, 0.2) is 12.7 Å². The first-order valence-corrected chi connectivity index (χ1v) is 9.32. The van der Waals surface area contributed by atoms with Gasteiger partial charge in [0, 0.05) is 5.54 Å². The maximum Gasteiger partial charge on any atom is 0.00966 e. The van der Waals surface area contributed by atoms with Gasteiger partial charge in [-0.15, -0.1) is 6.58 Å². The van der Waals surface area contributed by atoms with Gasteiger partial charge in [0.15, 0.2) is 0 Å². The van der Waals surface area contributed by atoms with Gasteiger partial charge in [0.25, 0.3) is 0 Å². The second-order valence-corrected chi connectivity index (χ2v) is 8.17. The Labute approximate surface area is 134 Å². The van der Waals surface area contributed by atoms with Crippen LogP contribution in [0.25, 0.3) is 0 Å². The third-order valence-electron chi connectivity index (χ3n) is 5.20. The molecule has 1 heteroatoms. The van der Waals surface area contributed by atoms with Crippen molar-refractivity contribution in [1.82, 2.24) is 5.32 Å². The van der Waals surface area contributed by atoms with Gasteiger partial charge in [0.2, 0.25) is 0 Å². The Morgan fingerprint density at radius 2 is 1.86 bits per heavy atom. The SMILES string of the molecule is C=CCCCCCC1CC(CC)CCC1CNC(C)(C)C. The van der Waals surface area contributed by atoms with Crippen molar-refractivity contribution in [2.75, 3.05) is 6.54 Å². The molecule has 124 valence electrons. The van der Waals surface area contributed by atoms with Gasteiger partial charge in [-0.25, -0.2) is 0 Å².